The molecular formula is C13H24N2O2. The molecule has 2 atom stereocenters. The summed E-state index contributed by atoms with van der Waals surface area (Å²) in [5.74, 6) is -0.247. The first-order valence-corrected chi connectivity index (χ1v) is 6.23. The number of rotatable bonds is 4. The van der Waals surface area contributed by atoms with Gasteiger partial charge in [-0.05, 0) is 40.3 Å². The van der Waals surface area contributed by atoms with E-state index < -0.39 is 0 Å². The zero-order valence-corrected chi connectivity index (χ0v) is 11.3. The van der Waals surface area contributed by atoms with Crippen LogP contribution in [-0.2, 0) is 9.53 Å². The van der Waals surface area contributed by atoms with Crippen LogP contribution in [-0.4, -0.2) is 50.2 Å². The second kappa shape index (κ2) is 6.77. The minimum Gasteiger partial charge on any atom is -0.466 e. The minimum atomic E-state index is -0.247. The average Bonchev–Trinajstić information content (AvgIpc) is 2.32. The topological polar surface area (TPSA) is 41.6 Å². The molecule has 0 aliphatic carbocycles. The van der Waals surface area contributed by atoms with E-state index in [9.17, 15) is 4.79 Å². The highest BCUT2D eigenvalue weighted by Crippen LogP contribution is 2.14. The van der Waals surface area contributed by atoms with E-state index >= 15 is 0 Å². The third-order valence-corrected chi connectivity index (χ3v) is 3.53. The summed E-state index contributed by atoms with van der Waals surface area (Å²) in [5, 5.41) is 3.47. The van der Waals surface area contributed by atoms with Crippen molar-refractivity contribution in [3.63, 3.8) is 0 Å². The average molecular weight is 240 g/mol. The Morgan fingerprint density at radius 3 is 2.88 bits per heavy atom. The molecule has 0 saturated carbocycles. The molecule has 98 valence electrons. The molecule has 1 saturated heterocycles. The van der Waals surface area contributed by atoms with Gasteiger partial charge in [0.05, 0.1) is 7.11 Å². The fourth-order valence-corrected chi connectivity index (χ4v) is 2.10. The number of esters is 1. The fraction of sp³-hybridized carbons (Fsp3) is 0.769. The number of likely N-dealkylation sites (tertiary alicyclic amines) is 1. The van der Waals surface area contributed by atoms with Gasteiger partial charge in [-0.15, -0.1) is 0 Å². The molecular weight excluding hydrogens is 216 g/mol. The maximum absolute atomic E-state index is 11.2. The highest BCUT2D eigenvalue weighted by molar-refractivity contribution is 5.87. The zero-order valence-electron chi connectivity index (χ0n) is 11.3. The monoisotopic (exact) mass is 240 g/mol. The molecule has 4 nitrogen and oxygen atoms in total. The molecule has 1 rings (SSSR count). The molecule has 1 aliphatic rings. The predicted octanol–water partition coefficient (Wildman–Crippen LogP) is 1.18. The first-order chi connectivity index (χ1) is 8.04. The Kier molecular flexibility index (Phi) is 5.65. The number of hydrogen-bond donors (Lipinski definition) is 1. The molecule has 0 spiro atoms. The third kappa shape index (κ3) is 4.48. The van der Waals surface area contributed by atoms with Crippen molar-refractivity contribution in [3.05, 3.63) is 11.6 Å². The van der Waals surface area contributed by atoms with E-state index in [4.69, 9.17) is 0 Å². The molecule has 1 heterocycles. The van der Waals surface area contributed by atoms with Gasteiger partial charge in [0.15, 0.2) is 0 Å². The Hall–Kier alpha value is -0.870. The number of piperidine rings is 1. The van der Waals surface area contributed by atoms with Crippen LogP contribution in [0.3, 0.4) is 0 Å². The molecule has 0 amide bonds. The van der Waals surface area contributed by atoms with Crippen molar-refractivity contribution < 1.29 is 9.53 Å². The molecule has 0 bridgehead atoms. The summed E-state index contributed by atoms with van der Waals surface area (Å²) in [6.07, 6.45) is 4.24. The van der Waals surface area contributed by atoms with Crippen LogP contribution in [0.15, 0.2) is 11.6 Å². The summed E-state index contributed by atoms with van der Waals surface area (Å²) in [4.78, 5) is 13.5. The lowest BCUT2D eigenvalue weighted by atomic mass is 9.99. The zero-order chi connectivity index (χ0) is 12.8. The molecule has 1 N–H and O–H groups in total. The highest BCUT2D eigenvalue weighted by atomic mass is 16.5. The van der Waals surface area contributed by atoms with Gasteiger partial charge in [-0.3, -0.25) is 0 Å². The summed E-state index contributed by atoms with van der Waals surface area (Å²) < 4.78 is 4.64. The van der Waals surface area contributed by atoms with Crippen molar-refractivity contribution in [2.45, 2.75) is 38.8 Å². The highest BCUT2D eigenvalue weighted by Gasteiger charge is 2.21. The summed E-state index contributed by atoms with van der Waals surface area (Å²) in [6, 6.07) is 1.19. The van der Waals surface area contributed by atoms with E-state index in [0.717, 1.165) is 13.1 Å². The van der Waals surface area contributed by atoms with Crippen LogP contribution >= 0.6 is 0 Å². The minimum absolute atomic E-state index is 0.247. The maximum Gasteiger partial charge on any atom is 0.333 e. The Labute approximate surface area is 104 Å². The van der Waals surface area contributed by atoms with Gasteiger partial charge in [-0.1, -0.05) is 6.08 Å². The Bertz CT molecular complexity index is 289. The van der Waals surface area contributed by atoms with Crippen molar-refractivity contribution in [2.75, 3.05) is 27.2 Å². The van der Waals surface area contributed by atoms with Crippen LogP contribution in [0.4, 0.5) is 0 Å². The number of nitrogens with one attached hydrogen (secondary N) is 1. The van der Waals surface area contributed by atoms with E-state index in [1.165, 1.54) is 20.0 Å². The molecule has 0 radical (unpaired) electrons. The lowest BCUT2D eigenvalue weighted by Gasteiger charge is -2.35. The van der Waals surface area contributed by atoms with Crippen LogP contribution in [0, 0.1) is 0 Å². The largest absolute Gasteiger partial charge is 0.466 e. The molecule has 1 fully saturated rings. The van der Waals surface area contributed by atoms with Gasteiger partial charge < -0.3 is 15.0 Å². The molecule has 2 unspecified atom stereocenters. The number of nitrogens with zero attached hydrogens (tertiary/aromatic N) is 1. The van der Waals surface area contributed by atoms with E-state index in [2.05, 4.69) is 28.9 Å². The lowest BCUT2D eigenvalue weighted by molar-refractivity contribution is -0.136. The normalized spacial score (nSPS) is 26.9. The van der Waals surface area contributed by atoms with Gasteiger partial charge in [0.2, 0.25) is 0 Å². The summed E-state index contributed by atoms with van der Waals surface area (Å²) in [5.41, 5.74) is 0.668. The lowest BCUT2D eigenvalue weighted by Crippen LogP contribution is -2.45. The number of ether oxygens (including phenoxy) is 1. The molecule has 4 heteroatoms. The SMILES string of the molecule is COC(=O)C(C)=CCNC1CCN(C)C(C)C1. The van der Waals surface area contributed by atoms with Gasteiger partial charge in [0.25, 0.3) is 0 Å². The van der Waals surface area contributed by atoms with Crippen molar-refractivity contribution in [1.29, 1.82) is 0 Å². The number of carbonyl (C=O) groups is 1. The number of hydrogen-bond acceptors (Lipinski definition) is 4. The van der Waals surface area contributed by atoms with Gasteiger partial charge in [0, 0.05) is 24.2 Å². The van der Waals surface area contributed by atoms with Gasteiger partial charge in [0.1, 0.15) is 0 Å². The van der Waals surface area contributed by atoms with Crippen molar-refractivity contribution in [1.82, 2.24) is 10.2 Å². The van der Waals surface area contributed by atoms with Crippen LogP contribution in [0.25, 0.3) is 0 Å². The standard InChI is InChI=1S/C13H24N2O2/c1-10(13(16)17-4)5-7-14-12-6-8-15(3)11(2)9-12/h5,11-12,14H,6-9H2,1-4H3. The van der Waals surface area contributed by atoms with E-state index in [1.807, 2.05) is 6.08 Å². The number of carbonyl (C=O) groups excluding carboxylic acids is 1. The van der Waals surface area contributed by atoms with Gasteiger partial charge in [-0.25, -0.2) is 4.79 Å². The molecule has 17 heavy (non-hydrogen) atoms. The van der Waals surface area contributed by atoms with E-state index in [0.29, 0.717) is 17.7 Å². The van der Waals surface area contributed by atoms with Gasteiger partial charge in [-0.2, -0.15) is 0 Å². The second-order valence-electron chi connectivity index (χ2n) is 4.84. The van der Waals surface area contributed by atoms with E-state index in [-0.39, 0.29) is 5.97 Å². The Balaban J connectivity index is 2.30. The smallest absolute Gasteiger partial charge is 0.333 e. The third-order valence-electron chi connectivity index (χ3n) is 3.53. The van der Waals surface area contributed by atoms with Crippen molar-refractivity contribution >= 4 is 5.97 Å². The fourth-order valence-electron chi connectivity index (χ4n) is 2.10. The molecule has 0 aromatic heterocycles. The summed E-state index contributed by atoms with van der Waals surface area (Å²) >= 11 is 0. The van der Waals surface area contributed by atoms with Crippen molar-refractivity contribution in [2.24, 2.45) is 0 Å². The van der Waals surface area contributed by atoms with Gasteiger partial charge >= 0.3 is 5.97 Å². The van der Waals surface area contributed by atoms with Crippen LogP contribution in [0.2, 0.25) is 0 Å². The first-order valence-electron chi connectivity index (χ1n) is 6.23. The second-order valence-corrected chi connectivity index (χ2v) is 4.84. The number of methoxy groups -OCH3 is 1. The maximum atomic E-state index is 11.2. The molecule has 0 aromatic rings. The van der Waals surface area contributed by atoms with Crippen LogP contribution in [0.5, 0.6) is 0 Å². The molecule has 1 aliphatic heterocycles. The first kappa shape index (κ1) is 14.2. The predicted molar refractivity (Wildman–Crippen MR) is 68.9 cm³/mol. The summed E-state index contributed by atoms with van der Waals surface area (Å²) in [6.45, 7) is 5.91. The Morgan fingerprint density at radius 1 is 1.59 bits per heavy atom. The van der Waals surface area contributed by atoms with E-state index in [1.54, 1.807) is 6.92 Å². The van der Waals surface area contributed by atoms with Crippen LogP contribution in [0.1, 0.15) is 26.7 Å². The van der Waals surface area contributed by atoms with Crippen LogP contribution < -0.4 is 5.32 Å². The summed E-state index contributed by atoms with van der Waals surface area (Å²) in [7, 11) is 3.58. The Morgan fingerprint density at radius 2 is 2.29 bits per heavy atom. The quantitative estimate of drug-likeness (QED) is 0.592. The van der Waals surface area contributed by atoms with Crippen molar-refractivity contribution in [3.8, 4) is 0 Å². The molecule has 0 aromatic carbocycles.